The number of nitrogens with zero attached hydrogens (tertiary/aromatic N) is 3. The predicted molar refractivity (Wildman–Crippen MR) is 77.1 cm³/mol. The summed E-state index contributed by atoms with van der Waals surface area (Å²) >= 11 is 0. The van der Waals surface area contributed by atoms with Gasteiger partial charge < -0.3 is 9.84 Å². The van der Waals surface area contributed by atoms with Crippen molar-refractivity contribution in [2.45, 2.75) is 32.5 Å². The normalized spacial score (nSPS) is 23.9. The van der Waals surface area contributed by atoms with E-state index in [1.54, 1.807) is 0 Å². The molecule has 1 aromatic carbocycles. The molecule has 0 bridgehead atoms. The molecule has 0 aliphatic carbocycles. The number of rotatable bonds is 3. The Balaban J connectivity index is 1.68. The molecule has 1 aromatic heterocycles. The van der Waals surface area contributed by atoms with E-state index in [0.29, 0.717) is 23.8 Å². The van der Waals surface area contributed by atoms with Crippen LogP contribution in [0.3, 0.4) is 0 Å². The predicted octanol–water partition coefficient (Wildman–Crippen LogP) is 1.92. The van der Waals surface area contributed by atoms with Gasteiger partial charge in [-0.3, -0.25) is 4.90 Å². The lowest BCUT2D eigenvalue weighted by Gasteiger charge is -2.35. The van der Waals surface area contributed by atoms with E-state index >= 15 is 0 Å². The van der Waals surface area contributed by atoms with Crippen molar-refractivity contribution >= 4 is 0 Å². The van der Waals surface area contributed by atoms with Gasteiger partial charge in [0.05, 0.1) is 6.54 Å². The molecule has 0 saturated carbocycles. The van der Waals surface area contributed by atoms with Crippen molar-refractivity contribution in [2.75, 3.05) is 13.1 Å². The van der Waals surface area contributed by atoms with Crippen LogP contribution < -0.4 is 5.32 Å². The van der Waals surface area contributed by atoms with Gasteiger partial charge in [-0.25, -0.2) is 0 Å². The van der Waals surface area contributed by atoms with Crippen LogP contribution >= 0.6 is 0 Å². The highest BCUT2D eigenvalue weighted by Gasteiger charge is 2.22. The topological polar surface area (TPSA) is 54.2 Å². The smallest absolute Gasteiger partial charge is 0.241 e. The lowest BCUT2D eigenvalue weighted by molar-refractivity contribution is 0.149. The second kappa shape index (κ2) is 5.73. The molecule has 2 unspecified atom stereocenters. The lowest BCUT2D eigenvalue weighted by Crippen LogP contribution is -2.53. The molecule has 20 heavy (non-hydrogen) atoms. The van der Waals surface area contributed by atoms with Crippen molar-refractivity contribution in [3.8, 4) is 11.4 Å². The van der Waals surface area contributed by atoms with E-state index in [1.807, 2.05) is 30.3 Å². The molecule has 106 valence electrons. The molecule has 5 heteroatoms. The van der Waals surface area contributed by atoms with Gasteiger partial charge in [0.2, 0.25) is 11.7 Å². The minimum atomic E-state index is 0.496. The van der Waals surface area contributed by atoms with Crippen LogP contribution in [0.5, 0.6) is 0 Å². The Hall–Kier alpha value is -1.72. The fourth-order valence-electron chi connectivity index (χ4n) is 2.78. The molecule has 1 aliphatic heterocycles. The first-order chi connectivity index (χ1) is 9.70. The molecular weight excluding hydrogens is 252 g/mol. The van der Waals surface area contributed by atoms with Crippen molar-refractivity contribution in [1.29, 1.82) is 0 Å². The Morgan fingerprint density at radius 1 is 1.20 bits per heavy atom. The van der Waals surface area contributed by atoms with Crippen LogP contribution in [0.4, 0.5) is 0 Å². The highest BCUT2D eigenvalue weighted by Crippen LogP contribution is 2.16. The maximum atomic E-state index is 5.37. The summed E-state index contributed by atoms with van der Waals surface area (Å²) in [5.74, 6) is 1.35. The van der Waals surface area contributed by atoms with E-state index in [1.165, 1.54) is 0 Å². The van der Waals surface area contributed by atoms with E-state index in [2.05, 4.69) is 34.2 Å². The van der Waals surface area contributed by atoms with Crippen LogP contribution in [0, 0.1) is 0 Å². The summed E-state index contributed by atoms with van der Waals surface area (Å²) in [4.78, 5) is 6.84. The third kappa shape index (κ3) is 3.05. The maximum Gasteiger partial charge on any atom is 0.241 e. The summed E-state index contributed by atoms with van der Waals surface area (Å²) in [6, 6.07) is 10.9. The van der Waals surface area contributed by atoms with Crippen molar-refractivity contribution in [3.63, 3.8) is 0 Å². The summed E-state index contributed by atoms with van der Waals surface area (Å²) in [7, 11) is 0. The minimum Gasteiger partial charge on any atom is -0.338 e. The number of piperazine rings is 1. The molecule has 0 spiro atoms. The van der Waals surface area contributed by atoms with Gasteiger partial charge in [-0.05, 0) is 13.8 Å². The second-order valence-electron chi connectivity index (χ2n) is 5.54. The van der Waals surface area contributed by atoms with Crippen LogP contribution in [0.15, 0.2) is 34.9 Å². The van der Waals surface area contributed by atoms with Gasteiger partial charge in [-0.2, -0.15) is 4.98 Å². The standard InChI is InChI=1S/C15H20N4O/c1-11-8-19(9-12(2)16-11)10-14-17-15(18-20-14)13-6-4-3-5-7-13/h3-7,11-12,16H,8-10H2,1-2H3. The van der Waals surface area contributed by atoms with E-state index < -0.39 is 0 Å². The van der Waals surface area contributed by atoms with Gasteiger partial charge in [-0.15, -0.1) is 0 Å². The summed E-state index contributed by atoms with van der Waals surface area (Å²) in [6.45, 7) is 7.13. The quantitative estimate of drug-likeness (QED) is 0.925. The Morgan fingerprint density at radius 3 is 2.60 bits per heavy atom. The molecule has 1 aliphatic rings. The highest BCUT2D eigenvalue weighted by atomic mass is 16.5. The molecule has 2 aromatic rings. The zero-order valence-electron chi connectivity index (χ0n) is 11.9. The van der Waals surface area contributed by atoms with Gasteiger partial charge in [-0.1, -0.05) is 35.5 Å². The lowest BCUT2D eigenvalue weighted by atomic mass is 10.1. The van der Waals surface area contributed by atoms with Crippen molar-refractivity contribution in [2.24, 2.45) is 0 Å². The molecule has 1 saturated heterocycles. The molecule has 3 rings (SSSR count). The number of benzene rings is 1. The third-order valence-corrected chi connectivity index (χ3v) is 3.49. The van der Waals surface area contributed by atoms with Crippen molar-refractivity contribution in [3.05, 3.63) is 36.2 Å². The fourth-order valence-corrected chi connectivity index (χ4v) is 2.78. The largest absolute Gasteiger partial charge is 0.338 e. The zero-order chi connectivity index (χ0) is 13.9. The van der Waals surface area contributed by atoms with E-state index in [9.17, 15) is 0 Å². The summed E-state index contributed by atoms with van der Waals surface area (Å²) in [5, 5.41) is 7.58. The fraction of sp³-hybridized carbons (Fsp3) is 0.467. The van der Waals surface area contributed by atoms with Crippen LogP contribution in [0.2, 0.25) is 0 Å². The Labute approximate surface area is 119 Å². The van der Waals surface area contributed by atoms with Gasteiger partial charge in [0.1, 0.15) is 0 Å². The Bertz CT molecular complexity index is 544. The number of nitrogens with one attached hydrogen (secondary N) is 1. The van der Waals surface area contributed by atoms with E-state index in [-0.39, 0.29) is 0 Å². The summed E-state index contributed by atoms with van der Waals surface area (Å²) in [6.07, 6.45) is 0. The molecule has 0 amide bonds. The maximum absolute atomic E-state index is 5.37. The summed E-state index contributed by atoms with van der Waals surface area (Å²) < 4.78 is 5.37. The summed E-state index contributed by atoms with van der Waals surface area (Å²) in [5.41, 5.74) is 0.990. The van der Waals surface area contributed by atoms with E-state index in [4.69, 9.17) is 4.52 Å². The van der Waals surface area contributed by atoms with Gasteiger partial charge in [0.25, 0.3) is 0 Å². The average molecular weight is 272 g/mol. The van der Waals surface area contributed by atoms with Crippen LogP contribution in [-0.2, 0) is 6.54 Å². The first kappa shape index (κ1) is 13.3. The molecule has 1 fully saturated rings. The molecule has 1 N–H and O–H groups in total. The average Bonchev–Trinajstić information content (AvgIpc) is 2.87. The SMILES string of the molecule is CC1CN(Cc2nc(-c3ccccc3)no2)CC(C)N1. The Morgan fingerprint density at radius 2 is 1.90 bits per heavy atom. The molecular formula is C15H20N4O. The first-order valence-electron chi connectivity index (χ1n) is 7.07. The van der Waals surface area contributed by atoms with Gasteiger partial charge in [0.15, 0.2) is 0 Å². The van der Waals surface area contributed by atoms with Crippen molar-refractivity contribution < 1.29 is 4.52 Å². The Kier molecular flexibility index (Phi) is 3.80. The minimum absolute atomic E-state index is 0.496. The molecule has 0 radical (unpaired) electrons. The number of hydrogen-bond acceptors (Lipinski definition) is 5. The van der Waals surface area contributed by atoms with Crippen LogP contribution in [0.1, 0.15) is 19.7 Å². The van der Waals surface area contributed by atoms with Crippen LogP contribution in [-0.4, -0.2) is 40.2 Å². The van der Waals surface area contributed by atoms with Gasteiger partial charge in [0, 0.05) is 30.7 Å². The highest BCUT2D eigenvalue weighted by molar-refractivity contribution is 5.53. The third-order valence-electron chi connectivity index (χ3n) is 3.49. The number of hydrogen-bond donors (Lipinski definition) is 1. The molecule has 2 atom stereocenters. The van der Waals surface area contributed by atoms with Crippen molar-refractivity contribution in [1.82, 2.24) is 20.4 Å². The van der Waals surface area contributed by atoms with Crippen LogP contribution in [0.25, 0.3) is 11.4 Å². The number of aromatic nitrogens is 2. The van der Waals surface area contributed by atoms with E-state index in [0.717, 1.165) is 25.2 Å². The molecule has 2 heterocycles. The molecule has 5 nitrogen and oxygen atoms in total. The zero-order valence-corrected chi connectivity index (χ0v) is 11.9. The first-order valence-corrected chi connectivity index (χ1v) is 7.07. The van der Waals surface area contributed by atoms with Gasteiger partial charge >= 0.3 is 0 Å². The second-order valence-corrected chi connectivity index (χ2v) is 5.54. The monoisotopic (exact) mass is 272 g/mol.